The predicted octanol–water partition coefficient (Wildman–Crippen LogP) is 3.04. The Hall–Kier alpha value is -1.34. The molecule has 0 aromatic heterocycles. The monoisotopic (exact) mass is 293 g/mol. The number of nitro benzene ring substituents is 1. The summed E-state index contributed by atoms with van der Waals surface area (Å²) in [6.07, 6.45) is 0. The van der Waals surface area contributed by atoms with Crippen LogP contribution in [0.3, 0.4) is 0 Å². The molecular weight excluding hydrogens is 285 g/mol. The normalized spacial score (nSPS) is 10.2. The lowest BCUT2D eigenvalue weighted by molar-refractivity contribution is -0.387. The van der Waals surface area contributed by atoms with Crippen LogP contribution in [0.5, 0.6) is 0 Å². The number of hydrogen-bond acceptors (Lipinski definition) is 5. The van der Waals surface area contributed by atoms with E-state index in [-0.39, 0.29) is 28.0 Å². The van der Waals surface area contributed by atoms with E-state index in [4.69, 9.17) is 11.6 Å². The highest BCUT2D eigenvalue weighted by atomic mass is 35.5. The van der Waals surface area contributed by atoms with Crippen molar-refractivity contribution in [2.24, 2.45) is 0 Å². The van der Waals surface area contributed by atoms with Gasteiger partial charge in [-0.25, -0.2) is 4.39 Å². The summed E-state index contributed by atoms with van der Waals surface area (Å²) in [6, 6.07) is 1.92. The van der Waals surface area contributed by atoms with Gasteiger partial charge in [0.25, 0.3) is 5.69 Å². The van der Waals surface area contributed by atoms with Crippen molar-refractivity contribution in [1.29, 1.82) is 0 Å². The lowest BCUT2D eigenvalue weighted by Crippen LogP contribution is -2.07. The second-order valence-electron chi connectivity index (χ2n) is 3.06. The second kappa shape index (κ2) is 6.55. The van der Waals surface area contributed by atoms with Crippen LogP contribution in [0.15, 0.2) is 17.0 Å². The summed E-state index contributed by atoms with van der Waals surface area (Å²) in [7, 11) is 0. The Labute approximate surface area is 111 Å². The molecular formula is C10H9ClFNO4S. The molecule has 0 bridgehead atoms. The van der Waals surface area contributed by atoms with Gasteiger partial charge in [-0.1, -0.05) is 11.6 Å². The molecule has 0 fully saturated rings. The van der Waals surface area contributed by atoms with Crippen LogP contribution in [-0.4, -0.2) is 23.3 Å². The smallest absolute Gasteiger partial charge is 0.316 e. The zero-order valence-corrected chi connectivity index (χ0v) is 10.9. The van der Waals surface area contributed by atoms with Crippen LogP contribution in [0, 0.1) is 15.9 Å². The molecule has 0 radical (unpaired) electrons. The van der Waals surface area contributed by atoms with Crippen molar-refractivity contribution in [3.63, 3.8) is 0 Å². The molecule has 1 aromatic carbocycles. The number of ether oxygens (including phenoxy) is 1. The SMILES string of the molecule is CCOC(=O)CSc1c([N+](=O)[O-])ccc(F)c1Cl. The van der Waals surface area contributed by atoms with Gasteiger partial charge in [-0.2, -0.15) is 0 Å². The van der Waals surface area contributed by atoms with Gasteiger partial charge in [-0.3, -0.25) is 14.9 Å². The van der Waals surface area contributed by atoms with E-state index in [0.29, 0.717) is 0 Å². The average molecular weight is 294 g/mol. The Morgan fingerprint density at radius 3 is 2.83 bits per heavy atom. The van der Waals surface area contributed by atoms with Crippen LogP contribution in [0.25, 0.3) is 0 Å². The number of halogens is 2. The predicted molar refractivity (Wildman–Crippen MR) is 65.4 cm³/mol. The fraction of sp³-hybridized carbons (Fsp3) is 0.300. The van der Waals surface area contributed by atoms with Crippen LogP contribution in [-0.2, 0) is 9.53 Å². The Morgan fingerprint density at radius 2 is 2.28 bits per heavy atom. The number of carbonyl (C=O) groups excluding carboxylic acids is 1. The van der Waals surface area contributed by atoms with Gasteiger partial charge in [-0.15, -0.1) is 11.8 Å². The summed E-state index contributed by atoms with van der Waals surface area (Å²) in [4.78, 5) is 21.1. The maximum Gasteiger partial charge on any atom is 0.316 e. The summed E-state index contributed by atoms with van der Waals surface area (Å²) >= 11 is 6.43. The topological polar surface area (TPSA) is 69.4 Å². The molecule has 0 N–H and O–H groups in total. The van der Waals surface area contributed by atoms with Crippen LogP contribution < -0.4 is 0 Å². The first-order valence-electron chi connectivity index (χ1n) is 4.88. The van der Waals surface area contributed by atoms with Crippen molar-refractivity contribution >= 4 is 35.0 Å². The zero-order valence-electron chi connectivity index (χ0n) is 9.31. The summed E-state index contributed by atoms with van der Waals surface area (Å²) in [5.74, 6) is -1.48. The van der Waals surface area contributed by atoms with Gasteiger partial charge in [0.05, 0.1) is 22.3 Å². The summed E-state index contributed by atoms with van der Waals surface area (Å²) in [5.41, 5.74) is -0.337. The number of nitro groups is 1. The van der Waals surface area contributed by atoms with E-state index in [0.717, 1.165) is 23.9 Å². The lowest BCUT2D eigenvalue weighted by atomic mass is 10.3. The third-order valence-electron chi connectivity index (χ3n) is 1.87. The minimum atomic E-state index is -0.770. The Bertz CT molecular complexity index is 483. The maximum absolute atomic E-state index is 13.2. The van der Waals surface area contributed by atoms with Crippen molar-refractivity contribution in [1.82, 2.24) is 0 Å². The molecule has 0 spiro atoms. The second-order valence-corrected chi connectivity index (χ2v) is 4.42. The number of carbonyl (C=O) groups is 1. The molecule has 0 unspecified atom stereocenters. The van der Waals surface area contributed by atoms with Crippen molar-refractivity contribution < 1.29 is 18.8 Å². The number of esters is 1. The molecule has 8 heteroatoms. The number of nitrogens with zero attached hydrogens (tertiary/aromatic N) is 1. The van der Waals surface area contributed by atoms with Crippen LogP contribution >= 0.6 is 23.4 Å². The van der Waals surface area contributed by atoms with E-state index < -0.39 is 16.7 Å². The maximum atomic E-state index is 13.2. The van der Waals surface area contributed by atoms with Gasteiger partial charge >= 0.3 is 5.97 Å². The molecule has 1 rings (SSSR count). The minimum Gasteiger partial charge on any atom is -0.465 e. The molecule has 0 saturated heterocycles. The summed E-state index contributed by atoms with van der Waals surface area (Å²) in [6.45, 7) is 1.85. The molecule has 0 saturated carbocycles. The highest BCUT2D eigenvalue weighted by molar-refractivity contribution is 8.00. The first-order chi connectivity index (χ1) is 8.47. The van der Waals surface area contributed by atoms with Gasteiger partial charge in [0.2, 0.25) is 0 Å². The number of hydrogen-bond donors (Lipinski definition) is 0. The van der Waals surface area contributed by atoms with Crippen molar-refractivity contribution in [3.8, 4) is 0 Å². The number of thioether (sulfide) groups is 1. The minimum absolute atomic E-state index is 0.0743. The molecule has 0 aliphatic carbocycles. The van der Waals surface area contributed by atoms with Crippen LogP contribution in [0.1, 0.15) is 6.92 Å². The zero-order chi connectivity index (χ0) is 13.7. The van der Waals surface area contributed by atoms with Gasteiger partial charge in [-0.05, 0) is 13.0 Å². The Kier molecular flexibility index (Phi) is 5.36. The highest BCUT2D eigenvalue weighted by Crippen LogP contribution is 2.37. The molecule has 0 atom stereocenters. The Balaban J connectivity index is 2.95. The largest absolute Gasteiger partial charge is 0.465 e. The van der Waals surface area contributed by atoms with E-state index in [9.17, 15) is 19.3 Å². The van der Waals surface area contributed by atoms with Crippen LogP contribution in [0.2, 0.25) is 5.02 Å². The van der Waals surface area contributed by atoms with Crippen molar-refractivity contribution in [2.45, 2.75) is 11.8 Å². The van der Waals surface area contributed by atoms with Crippen molar-refractivity contribution in [3.05, 3.63) is 33.1 Å². The molecule has 0 aliphatic rings. The summed E-state index contributed by atoms with van der Waals surface area (Å²) < 4.78 is 17.9. The molecule has 0 aliphatic heterocycles. The van der Waals surface area contributed by atoms with Gasteiger partial charge in [0.15, 0.2) is 0 Å². The summed E-state index contributed by atoms with van der Waals surface area (Å²) in [5, 5.41) is 10.4. The van der Waals surface area contributed by atoms with Crippen LogP contribution in [0.4, 0.5) is 10.1 Å². The number of benzene rings is 1. The molecule has 98 valence electrons. The van der Waals surface area contributed by atoms with Gasteiger partial charge < -0.3 is 4.74 Å². The van der Waals surface area contributed by atoms with E-state index in [1.165, 1.54) is 0 Å². The third kappa shape index (κ3) is 3.58. The molecule has 5 nitrogen and oxygen atoms in total. The third-order valence-corrected chi connectivity index (χ3v) is 3.43. The van der Waals surface area contributed by atoms with Crippen molar-refractivity contribution in [2.75, 3.05) is 12.4 Å². The van der Waals surface area contributed by atoms with Gasteiger partial charge in [0, 0.05) is 6.07 Å². The van der Waals surface area contributed by atoms with E-state index >= 15 is 0 Å². The fourth-order valence-corrected chi connectivity index (χ4v) is 2.32. The molecule has 18 heavy (non-hydrogen) atoms. The van der Waals surface area contributed by atoms with E-state index in [1.807, 2.05) is 0 Å². The lowest BCUT2D eigenvalue weighted by Gasteiger charge is -2.05. The molecule has 1 aromatic rings. The fourth-order valence-electron chi connectivity index (χ4n) is 1.14. The van der Waals surface area contributed by atoms with E-state index in [2.05, 4.69) is 4.74 Å². The highest BCUT2D eigenvalue weighted by Gasteiger charge is 2.21. The number of rotatable bonds is 5. The first-order valence-corrected chi connectivity index (χ1v) is 6.24. The standard InChI is InChI=1S/C10H9ClFNO4S/c1-2-17-8(14)5-18-10-7(13(15)16)4-3-6(12)9(10)11/h3-4H,2,5H2,1H3. The average Bonchev–Trinajstić information content (AvgIpc) is 2.31. The molecule has 0 amide bonds. The molecule has 0 heterocycles. The van der Waals surface area contributed by atoms with Gasteiger partial charge in [0.1, 0.15) is 10.7 Å². The first kappa shape index (κ1) is 14.7. The van der Waals surface area contributed by atoms with E-state index in [1.54, 1.807) is 6.92 Å². The quantitative estimate of drug-likeness (QED) is 0.361. The Morgan fingerprint density at radius 1 is 1.61 bits per heavy atom.